The van der Waals surface area contributed by atoms with E-state index in [4.69, 9.17) is 4.74 Å². The molecule has 3 heterocycles. The topological polar surface area (TPSA) is 94.0 Å². The Kier molecular flexibility index (Phi) is 6.10. The number of pyridine rings is 1. The molecule has 170 valence electrons. The molecule has 10 heteroatoms. The third-order valence-corrected chi connectivity index (χ3v) is 5.47. The largest absolute Gasteiger partial charge is 0.457 e. The zero-order valence-electron chi connectivity index (χ0n) is 18.6. The highest BCUT2D eigenvalue weighted by Crippen LogP contribution is 2.29. The highest BCUT2D eigenvalue weighted by atomic mass is 32.1. The smallest absolute Gasteiger partial charge is 0.323 e. The lowest BCUT2D eigenvalue weighted by Gasteiger charge is -2.18. The van der Waals surface area contributed by atoms with E-state index in [0.29, 0.717) is 17.2 Å². The maximum Gasteiger partial charge on any atom is 0.323 e. The Labute approximate surface area is 194 Å². The Morgan fingerprint density at radius 2 is 1.91 bits per heavy atom. The average Bonchev–Trinajstić information content (AvgIpc) is 3.39. The molecule has 8 nitrogen and oxygen atoms in total. The monoisotopic (exact) mass is 466 g/mol. The van der Waals surface area contributed by atoms with Crippen molar-refractivity contribution in [2.24, 2.45) is 0 Å². The number of carbonyl (C=O) groups excluding carboxylic acids is 1. The molecule has 0 saturated heterocycles. The lowest BCUT2D eigenvalue weighted by molar-refractivity contribution is 0.262. The summed E-state index contributed by atoms with van der Waals surface area (Å²) < 4.78 is 26.4. The van der Waals surface area contributed by atoms with Crippen LogP contribution in [0.2, 0.25) is 0 Å². The molecule has 4 aromatic rings. The number of anilines is 2. The normalized spacial score (nSPS) is 11.3. The number of aromatic nitrogens is 4. The fourth-order valence-corrected chi connectivity index (χ4v) is 3.65. The van der Waals surface area contributed by atoms with Crippen molar-refractivity contribution in [2.45, 2.75) is 33.2 Å². The molecular formula is C23H23FN6O2S. The number of nitrogens with one attached hydrogen (secondary N) is 2. The van der Waals surface area contributed by atoms with Crippen LogP contribution in [0.5, 0.6) is 11.5 Å². The van der Waals surface area contributed by atoms with E-state index < -0.39 is 11.8 Å². The van der Waals surface area contributed by atoms with Crippen LogP contribution >= 0.6 is 11.5 Å². The van der Waals surface area contributed by atoms with E-state index in [2.05, 4.69) is 25.1 Å². The molecule has 33 heavy (non-hydrogen) atoms. The number of carbonyl (C=O) groups is 1. The minimum atomic E-state index is -0.625. The van der Waals surface area contributed by atoms with Gasteiger partial charge in [-0.2, -0.15) is 9.47 Å². The Balaban J connectivity index is 1.41. The van der Waals surface area contributed by atoms with Gasteiger partial charge in [0, 0.05) is 24.5 Å². The molecular weight excluding hydrogens is 443 g/mol. The average molecular weight is 467 g/mol. The molecule has 1 aromatic carbocycles. The molecule has 0 aliphatic carbocycles. The van der Waals surface area contributed by atoms with Crippen molar-refractivity contribution in [3.8, 4) is 22.1 Å². The SMILES string of the molecule is Cc1cc(-c2cc(Oc3ccc(NC(=O)Nc4cnn(C(C)(C)C)c4)c(F)c3)ccn2)sn1. The highest BCUT2D eigenvalue weighted by Gasteiger charge is 2.15. The molecule has 0 radical (unpaired) electrons. The van der Waals surface area contributed by atoms with E-state index in [1.807, 2.05) is 33.8 Å². The molecule has 0 aliphatic heterocycles. The molecule has 0 aliphatic rings. The van der Waals surface area contributed by atoms with Gasteiger partial charge in [-0.3, -0.25) is 9.67 Å². The Bertz CT molecular complexity index is 1290. The molecule has 4 rings (SSSR count). The first-order valence-electron chi connectivity index (χ1n) is 10.2. The molecule has 2 N–H and O–H groups in total. The number of halogens is 1. The first-order chi connectivity index (χ1) is 15.7. The quantitative estimate of drug-likeness (QED) is 0.374. The standard InChI is InChI=1S/C23H23FN6O2S/c1-14-9-21(33-29-14)20-11-17(7-8-25-20)32-16-5-6-19(18(24)10-16)28-22(31)27-15-12-26-30(13-15)23(2,3)4/h5-13H,1-4H3,(H2,27,28,31). The van der Waals surface area contributed by atoms with Crippen LogP contribution in [0.1, 0.15) is 26.5 Å². The number of aryl methyl sites for hydroxylation is 1. The van der Waals surface area contributed by atoms with Gasteiger partial charge in [-0.05, 0) is 63.5 Å². The second-order valence-electron chi connectivity index (χ2n) is 8.38. The number of ether oxygens (including phenoxy) is 1. The number of rotatable bonds is 5. The van der Waals surface area contributed by atoms with E-state index in [9.17, 15) is 9.18 Å². The van der Waals surface area contributed by atoms with E-state index in [1.165, 1.54) is 29.9 Å². The van der Waals surface area contributed by atoms with Gasteiger partial charge in [-0.15, -0.1) is 0 Å². The van der Waals surface area contributed by atoms with Crippen LogP contribution in [0.3, 0.4) is 0 Å². The van der Waals surface area contributed by atoms with Crippen molar-refractivity contribution < 1.29 is 13.9 Å². The van der Waals surface area contributed by atoms with Gasteiger partial charge in [0.25, 0.3) is 0 Å². The fourth-order valence-electron chi connectivity index (χ4n) is 2.93. The van der Waals surface area contributed by atoms with Gasteiger partial charge in [-0.25, -0.2) is 9.18 Å². The van der Waals surface area contributed by atoms with Crippen molar-refractivity contribution in [1.29, 1.82) is 0 Å². The van der Waals surface area contributed by atoms with Crippen LogP contribution in [0.15, 0.2) is 55.0 Å². The van der Waals surface area contributed by atoms with E-state index in [0.717, 1.165) is 16.3 Å². The maximum absolute atomic E-state index is 14.6. The number of urea groups is 1. The molecule has 0 spiro atoms. The lowest BCUT2D eigenvalue weighted by Crippen LogP contribution is -2.22. The Morgan fingerprint density at radius 1 is 1.12 bits per heavy atom. The van der Waals surface area contributed by atoms with Crippen molar-refractivity contribution in [1.82, 2.24) is 19.1 Å². The van der Waals surface area contributed by atoms with Crippen LogP contribution < -0.4 is 15.4 Å². The summed E-state index contributed by atoms with van der Waals surface area (Å²) in [7, 11) is 0. The third-order valence-electron chi connectivity index (χ3n) is 4.56. The van der Waals surface area contributed by atoms with Gasteiger partial charge in [0.15, 0.2) is 0 Å². The number of hydrogen-bond acceptors (Lipinski definition) is 6. The van der Waals surface area contributed by atoms with Crippen LogP contribution in [-0.2, 0) is 5.54 Å². The zero-order valence-corrected chi connectivity index (χ0v) is 19.4. The summed E-state index contributed by atoms with van der Waals surface area (Å²) >= 11 is 1.35. The minimum Gasteiger partial charge on any atom is -0.457 e. The summed E-state index contributed by atoms with van der Waals surface area (Å²) in [6.45, 7) is 7.90. The van der Waals surface area contributed by atoms with E-state index in [1.54, 1.807) is 35.3 Å². The number of amides is 2. The van der Waals surface area contributed by atoms with Crippen LogP contribution in [-0.4, -0.2) is 25.2 Å². The summed E-state index contributed by atoms with van der Waals surface area (Å²) in [6.07, 6.45) is 4.87. The van der Waals surface area contributed by atoms with Crippen molar-refractivity contribution in [2.75, 3.05) is 10.6 Å². The third kappa shape index (κ3) is 5.53. The van der Waals surface area contributed by atoms with E-state index >= 15 is 0 Å². The van der Waals surface area contributed by atoms with Crippen molar-refractivity contribution in [3.05, 3.63) is 66.5 Å². The molecule has 0 atom stereocenters. The number of nitrogens with zero attached hydrogens (tertiary/aromatic N) is 4. The van der Waals surface area contributed by atoms with Gasteiger partial charge < -0.3 is 15.4 Å². The molecule has 0 fully saturated rings. The van der Waals surface area contributed by atoms with Crippen molar-refractivity contribution in [3.63, 3.8) is 0 Å². The predicted octanol–water partition coefficient (Wildman–Crippen LogP) is 6.04. The molecule has 0 saturated carbocycles. The van der Waals surface area contributed by atoms with Gasteiger partial charge in [0.05, 0.1) is 39.4 Å². The van der Waals surface area contributed by atoms with Gasteiger partial charge in [0.2, 0.25) is 0 Å². The number of benzene rings is 1. The van der Waals surface area contributed by atoms with Crippen LogP contribution in [0.25, 0.3) is 10.6 Å². The zero-order chi connectivity index (χ0) is 23.6. The molecule has 0 unspecified atom stereocenters. The maximum atomic E-state index is 14.6. The first-order valence-corrected chi connectivity index (χ1v) is 10.9. The predicted molar refractivity (Wildman–Crippen MR) is 126 cm³/mol. The van der Waals surface area contributed by atoms with Gasteiger partial charge in [0.1, 0.15) is 17.3 Å². The fraction of sp³-hybridized carbons (Fsp3) is 0.217. The summed E-state index contributed by atoms with van der Waals surface area (Å²) in [5.41, 5.74) is 1.96. The van der Waals surface area contributed by atoms with Crippen LogP contribution in [0.4, 0.5) is 20.6 Å². The van der Waals surface area contributed by atoms with Crippen LogP contribution in [0, 0.1) is 12.7 Å². The summed E-state index contributed by atoms with van der Waals surface area (Å²) in [6, 6.07) is 9.05. The summed E-state index contributed by atoms with van der Waals surface area (Å²) in [5.74, 6) is 0.183. The van der Waals surface area contributed by atoms with E-state index in [-0.39, 0.29) is 11.2 Å². The number of hydrogen-bond donors (Lipinski definition) is 2. The second kappa shape index (κ2) is 8.99. The van der Waals surface area contributed by atoms with Gasteiger partial charge in [-0.1, -0.05) is 0 Å². The Morgan fingerprint density at radius 3 is 2.58 bits per heavy atom. The lowest BCUT2D eigenvalue weighted by atomic mass is 10.1. The van der Waals surface area contributed by atoms with Crippen molar-refractivity contribution >= 4 is 28.9 Å². The van der Waals surface area contributed by atoms with Gasteiger partial charge >= 0.3 is 6.03 Å². The molecule has 0 bridgehead atoms. The summed E-state index contributed by atoms with van der Waals surface area (Å²) in [5, 5.41) is 9.36. The Hall–Kier alpha value is -3.79. The highest BCUT2D eigenvalue weighted by molar-refractivity contribution is 7.09. The molecule has 3 aromatic heterocycles. The first kappa shape index (κ1) is 22.4. The minimum absolute atomic E-state index is 0.0265. The second-order valence-corrected chi connectivity index (χ2v) is 9.18. The summed E-state index contributed by atoms with van der Waals surface area (Å²) in [4.78, 5) is 17.5. The molecule has 2 amide bonds.